The smallest absolute Gasteiger partial charge is 0.131 e. The Morgan fingerprint density at radius 3 is 2.71 bits per heavy atom. The molecule has 0 saturated heterocycles. The molecule has 0 unspecified atom stereocenters. The van der Waals surface area contributed by atoms with E-state index in [0.29, 0.717) is 11.3 Å². The van der Waals surface area contributed by atoms with Crippen LogP contribution in [0.2, 0.25) is 0 Å². The summed E-state index contributed by atoms with van der Waals surface area (Å²) in [6.07, 6.45) is 0. The minimum atomic E-state index is -0.452. The maximum Gasteiger partial charge on any atom is 0.131 e. The van der Waals surface area contributed by atoms with Gasteiger partial charge in [0.25, 0.3) is 0 Å². The van der Waals surface area contributed by atoms with Crippen molar-refractivity contribution >= 4 is 15.9 Å². The van der Waals surface area contributed by atoms with E-state index in [1.54, 1.807) is 18.2 Å². The van der Waals surface area contributed by atoms with E-state index in [4.69, 9.17) is 15.7 Å². The van der Waals surface area contributed by atoms with Crippen molar-refractivity contribution in [1.29, 1.82) is 5.26 Å². The van der Waals surface area contributed by atoms with Gasteiger partial charge in [-0.25, -0.2) is 4.39 Å². The fourth-order valence-corrected chi connectivity index (χ4v) is 2.24. The van der Waals surface area contributed by atoms with Crippen molar-refractivity contribution in [3.8, 4) is 11.8 Å². The fraction of sp³-hybridized carbons (Fsp3) is 0.188. The SMILES string of the molecule is C[C@H](N)c1ccc(Br)cc1OCc1ccc(C#N)cc1F. The Morgan fingerprint density at radius 2 is 2.10 bits per heavy atom. The van der Waals surface area contributed by atoms with Gasteiger partial charge in [-0.05, 0) is 31.2 Å². The number of nitrogens with zero attached hydrogens (tertiary/aromatic N) is 1. The third-order valence-electron chi connectivity index (χ3n) is 3.03. The van der Waals surface area contributed by atoms with Gasteiger partial charge in [-0.3, -0.25) is 0 Å². The molecule has 0 aliphatic rings. The lowest BCUT2D eigenvalue weighted by Gasteiger charge is -2.15. The summed E-state index contributed by atoms with van der Waals surface area (Å²) in [5.41, 5.74) is 7.43. The first-order chi connectivity index (χ1) is 10.0. The summed E-state index contributed by atoms with van der Waals surface area (Å²) < 4.78 is 20.4. The predicted molar refractivity (Wildman–Crippen MR) is 82.2 cm³/mol. The Hall–Kier alpha value is -1.90. The van der Waals surface area contributed by atoms with Gasteiger partial charge in [0.15, 0.2) is 0 Å². The highest BCUT2D eigenvalue weighted by atomic mass is 79.9. The van der Waals surface area contributed by atoms with Crippen LogP contribution in [-0.4, -0.2) is 0 Å². The van der Waals surface area contributed by atoms with E-state index in [1.807, 2.05) is 25.1 Å². The van der Waals surface area contributed by atoms with Crippen molar-refractivity contribution in [2.24, 2.45) is 5.73 Å². The van der Waals surface area contributed by atoms with Gasteiger partial charge in [-0.15, -0.1) is 0 Å². The van der Waals surface area contributed by atoms with Crippen LogP contribution in [0.5, 0.6) is 5.75 Å². The molecule has 2 aromatic rings. The van der Waals surface area contributed by atoms with Gasteiger partial charge in [-0.1, -0.05) is 28.1 Å². The van der Waals surface area contributed by atoms with E-state index < -0.39 is 5.82 Å². The first-order valence-electron chi connectivity index (χ1n) is 6.37. The molecule has 21 heavy (non-hydrogen) atoms. The zero-order chi connectivity index (χ0) is 15.4. The van der Waals surface area contributed by atoms with Gasteiger partial charge in [0, 0.05) is 21.6 Å². The first-order valence-corrected chi connectivity index (χ1v) is 7.17. The fourth-order valence-electron chi connectivity index (χ4n) is 1.90. The maximum atomic E-state index is 13.8. The molecule has 108 valence electrons. The lowest BCUT2D eigenvalue weighted by Crippen LogP contribution is -2.08. The summed E-state index contributed by atoms with van der Waals surface area (Å²) in [7, 11) is 0. The number of rotatable bonds is 4. The highest BCUT2D eigenvalue weighted by Gasteiger charge is 2.10. The van der Waals surface area contributed by atoms with E-state index in [2.05, 4.69) is 15.9 Å². The summed E-state index contributed by atoms with van der Waals surface area (Å²) in [5.74, 6) is 0.162. The molecule has 0 fully saturated rings. The number of nitrogens with two attached hydrogens (primary N) is 1. The zero-order valence-corrected chi connectivity index (χ0v) is 13.0. The Labute approximate surface area is 131 Å². The Bertz CT molecular complexity index is 695. The predicted octanol–water partition coefficient (Wildman–Crippen LogP) is 4.06. The molecule has 0 bridgehead atoms. The summed E-state index contributed by atoms with van der Waals surface area (Å²) >= 11 is 3.37. The summed E-state index contributed by atoms with van der Waals surface area (Å²) in [6.45, 7) is 1.94. The van der Waals surface area contributed by atoms with Crippen LogP contribution >= 0.6 is 15.9 Å². The second-order valence-electron chi connectivity index (χ2n) is 4.68. The number of hydrogen-bond donors (Lipinski definition) is 1. The van der Waals surface area contributed by atoms with Gasteiger partial charge in [0.05, 0.1) is 11.6 Å². The molecule has 0 aliphatic carbocycles. The third-order valence-corrected chi connectivity index (χ3v) is 3.52. The van der Waals surface area contributed by atoms with E-state index in [0.717, 1.165) is 10.0 Å². The lowest BCUT2D eigenvalue weighted by molar-refractivity contribution is 0.295. The minimum absolute atomic E-state index is 0.0771. The van der Waals surface area contributed by atoms with E-state index in [9.17, 15) is 4.39 Å². The molecule has 3 nitrogen and oxygen atoms in total. The van der Waals surface area contributed by atoms with Gasteiger partial charge < -0.3 is 10.5 Å². The van der Waals surface area contributed by atoms with Crippen molar-refractivity contribution in [3.05, 3.63) is 63.4 Å². The molecular formula is C16H14BrFN2O. The van der Waals surface area contributed by atoms with Gasteiger partial charge in [0.1, 0.15) is 18.2 Å². The highest BCUT2D eigenvalue weighted by Crippen LogP contribution is 2.28. The van der Waals surface area contributed by atoms with E-state index in [1.165, 1.54) is 6.07 Å². The van der Waals surface area contributed by atoms with Gasteiger partial charge in [-0.2, -0.15) is 5.26 Å². The van der Waals surface area contributed by atoms with Crippen molar-refractivity contribution in [2.45, 2.75) is 19.6 Å². The van der Waals surface area contributed by atoms with Crippen LogP contribution in [0.1, 0.15) is 29.7 Å². The van der Waals surface area contributed by atoms with Crippen LogP contribution in [-0.2, 0) is 6.61 Å². The zero-order valence-electron chi connectivity index (χ0n) is 11.4. The van der Waals surface area contributed by atoms with Gasteiger partial charge >= 0.3 is 0 Å². The molecule has 0 aliphatic heterocycles. The lowest BCUT2D eigenvalue weighted by atomic mass is 10.1. The normalized spacial score (nSPS) is 11.8. The van der Waals surface area contributed by atoms with Crippen molar-refractivity contribution in [3.63, 3.8) is 0 Å². The maximum absolute atomic E-state index is 13.8. The Morgan fingerprint density at radius 1 is 1.33 bits per heavy atom. The van der Waals surface area contributed by atoms with Crippen LogP contribution in [0.15, 0.2) is 40.9 Å². The molecule has 2 rings (SSSR count). The second kappa shape index (κ2) is 6.70. The van der Waals surface area contributed by atoms with Crippen molar-refractivity contribution in [1.82, 2.24) is 0 Å². The molecule has 0 amide bonds. The average Bonchev–Trinajstić information content (AvgIpc) is 2.45. The van der Waals surface area contributed by atoms with Crippen LogP contribution in [0.25, 0.3) is 0 Å². The number of halogens is 2. The molecular weight excluding hydrogens is 335 g/mol. The summed E-state index contributed by atoms with van der Waals surface area (Å²) in [6, 6.07) is 11.6. The van der Waals surface area contributed by atoms with Crippen LogP contribution in [0, 0.1) is 17.1 Å². The molecule has 2 aromatic carbocycles. The second-order valence-corrected chi connectivity index (χ2v) is 5.59. The number of nitriles is 1. The van der Waals surface area contributed by atoms with Gasteiger partial charge in [0.2, 0.25) is 0 Å². The van der Waals surface area contributed by atoms with E-state index >= 15 is 0 Å². The molecule has 0 saturated carbocycles. The van der Waals surface area contributed by atoms with Crippen LogP contribution in [0.3, 0.4) is 0 Å². The monoisotopic (exact) mass is 348 g/mol. The first kappa shape index (κ1) is 15.5. The topological polar surface area (TPSA) is 59.0 Å². The quantitative estimate of drug-likeness (QED) is 0.906. The molecule has 5 heteroatoms. The number of ether oxygens (including phenoxy) is 1. The Balaban J connectivity index is 2.20. The largest absolute Gasteiger partial charge is 0.488 e. The van der Waals surface area contributed by atoms with Crippen molar-refractivity contribution < 1.29 is 9.13 Å². The van der Waals surface area contributed by atoms with Crippen LogP contribution < -0.4 is 10.5 Å². The van der Waals surface area contributed by atoms with Crippen molar-refractivity contribution in [2.75, 3.05) is 0 Å². The minimum Gasteiger partial charge on any atom is -0.488 e. The average molecular weight is 349 g/mol. The number of benzene rings is 2. The van der Waals surface area contributed by atoms with Crippen LogP contribution in [0.4, 0.5) is 4.39 Å². The number of hydrogen-bond acceptors (Lipinski definition) is 3. The van der Waals surface area contributed by atoms with E-state index in [-0.39, 0.29) is 18.2 Å². The molecule has 0 aromatic heterocycles. The Kier molecular flexibility index (Phi) is 4.94. The summed E-state index contributed by atoms with van der Waals surface area (Å²) in [5, 5.41) is 8.72. The molecule has 1 atom stereocenters. The third kappa shape index (κ3) is 3.81. The highest BCUT2D eigenvalue weighted by molar-refractivity contribution is 9.10. The molecule has 2 N–H and O–H groups in total. The molecule has 0 spiro atoms. The summed E-state index contributed by atoms with van der Waals surface area (Å²) in [4.78, 5) is 0. The molecule has 0 heterocycles. The molecule has 0 radical (unpaired) electrons. The standard InChI is InChI=1S/C16H14BrFN2O/c1-10(20)14-5-4-13(17)7-16(14)21-9-12-3-2-11(8-19)6-15(12)18/h2-7,10H,9,20H2,1H3/t10-/m0/s1.